The van der Waals surface area contributed by atoms with Crippen molar-refractivity contribution in [2.24, 2.45) is 0 Å². The van der Waals surface area contributed by atoms with Crippen LogP contribution in [0.1, 0.15) is 17.3 Å². The van der Waals surface area contributed by atoms with E-state index < -0.39 is 11.7 Å². The van der Waals surface area contributed by atoms with Gasteiger partial charge in [0.15, 0.2) is 0 Å². The Kier molecular flexibility index (Phi) is 6.31. The summed E-state index contributed by atoms with van der Waals surface area (Å²) in [6.07, 6.45) is 0. The van der Waals surface area contributed by atoms with E-state index in [1.807, 2.05) is 31.2 Å². The number of urea groups is 1. The van der Waals surface area contributed by atoms with Crippen LogP contribution in [0.5, 0.6) is 5.75 Å². The lowest BCUT2D eigenvalue weighted by molar-refractivity contribution is 0.0929. The number of hydrogen-bond acceptors (Lipinski definition) is 4. The second kappa shape index (κ2) is 9.07. The molecule has 0 aromatic heterocycles. The summed E-state index contributed by atoms with van der Waals surface area (Å²) in [5.74, 6) is -0.101. The van der Waals surface area contributed by atoms with Gasteiger partial charge < -0.3 is 14.5 Å². The minimum absolute atomic E-state index is 0.263. The standard InChI is InChI=1S/C20H23FN4O3/c1-2-28-18-6-4-3-5-17(18)24-11-13-25(14-12-24)20(27)23-22-19(26)15-7-9-16(21)10-8-15/h3-10H,2,11-14H2,1H3,(H,22,26)(H,23,27). The zero-order chi connectivity index (χ0) is 19.9. The van der Waals surface area contributed by atoms with Gasteiger partial charge >= 0.3 is 6.03 Å². The van der Waals surface area contributed by atoms with E-state index in [9.17, 15) is 14.0 Å². The van der Waals surface area contributed by atoms with E-state index in [-0.39, 0.29) is 11.6 Å². The van der Waals surface area contributed by atoms with E-state index in [0.717, 1.165) is 11.4 Å². The summed E-state index contributed by atoms with van der Waals surface area (Å²) < 4.78 is 18.6. The molecule has 148 valence electrons. The van der Waals surface area contributed by atoms with Gasteiger partial charge in [-0.3, -0.25) is 10.2 Å². The number of hydrazine groups is 1. The zero-order valence-corrected chi connectivity index (χ0v) is 15.7. The maximum Gasteiger partial charge on any atom is 0.336 e. The Bertz CT molecular complexity index is 820. The van der Waals surface area contributed by atoms with Crippen LogP contribution >= 0.6 is 0 Å². The molecule has 8 heteroatoms. The third kappa shape index (κ3) is 4.70. The molecule has 2 aromatic rings. The monoisotopic (exact) mass is 386 g/mol. The van der Waals surface area contributed by atoms with Crippen LogP contribution in [-0.2, 0) is 0 Å². The Morgan fingerprint density at radius 2 is 1.68 bits per heavy atom. The van der Waals surface area contributed by atoms with Gasteiger partial charge in [-0.05, 0) is 43.3 Å². The first-order chi connectivity index (χ1) is 13.6. The summed E-state index contributed by atoms with van der Waals surface area (Å²) in [5, 5.41) is 0. The number of piperazine rings is 1. The van der Waals surface area contributed by atoms with Gasteiger partial charge in [0.2, 0.25) is 0 Å². The summed E-state index contributed by atoms with van der Waals surface area (Å²) in [7, 11) is 0. The molecule has 1 saturated heterocycles. The first-order valence-electron chi connectivity index (χ1n) is 9.16. The van der Waals surface area contributed by atoms with E-state index in [4.69, 9.17) is 4.74 Å². The SMILES string of the molecule is CCOc1ccccc1N1CCN(C(=O)NNC(=O)c2ccc(F)cc2)CC1. The predicted octanol–water partition coefficient (Wildman–Crippen LogP) is 2.40. The van der Waals surface area contributed by atoms with Crippen molar-refractivity contribution in [3.8, 4) is 5.75 Å². The average molecular weight is 386 g/mol. The minimum Gasteiger partial charge on any atom is -0.492 e. The number of carbonyl (C=O) groups is 2. The van der Waals surface area contributed by atoms with Crippen LogP contribution in [-0.4, -0.2) is 49.6 Å². The maximum absolute atomic E-state index is 12.9. The lowest BCUT2D eigenvalue weighted by atomic mass is 10.2. The number of rotatable bonds is 4. The largest absolute Gasteiger partial charge is 0.492 e. The van der Waals surface area contributed by atoms with Crippen molar-refractivity contribution in [2.75, 3.05) is 37.7 Å². The number of ether oxygens (including phenoxy) is 1. The van der Waals surface area contributed by atoms with Crippen molar-refractivity contribution in [2.45, 2.75) is 6.92 Å². The Morgan fingerprint density at radius 1 is 1.00 bits per heavy atom. The zero-order valence-electron chi connectivity index (χ0n) is 15.7. The van der Waals surface area contributed by atoms with Crippen LogP contribution in [0.3, 0.4) is 0 Å². The first kappa shape index (κ1) is 19.5. The van der Waals surface area contributed by atoms with E-state index in [2.05, 4.69) is 15.8 Å². The van der Waals surface area contributed by atoms with E-state index >= 15 is 0 Å². The van der Waals surface area contributed by atoms with Gasteiger partial charge in [0.25, 0.3) is 5.91 Å². The Hall–Kier alpha value is -3.29. The predicted molar refractivity (Wildman–Crippen MR) is 104 cm³/mol. The molecule has 2 N–H and O–H groups in total. The smallest absolute Gasteiger partial charge is 0.336 e. The highest BCUT2D eigenvalue weighted by atomic mass is 19.1. The second-order valence-corrected chi connectivity index (χ2v) is 6.27. The Morgan fingerprint density at radius 3 is 2.36 bits per heavy atom. The van der Waals surface area contributed by atoms with Crippen LogP contribution in [0.2, 0.25) is 0 Å². The van der Waals surface area contributed by atoms with Crippen molar-refractivity contribution in [3.05, 3.63) is 59.9 Å². The van der Waals surface area contributed by atoms with E-state index in [1.54, 1.807) is 4.90 Å². The van der Waals surface area contributed by atoms with Crippen molar-refractivity contribution >= 4 is 17.6 Å². The highest BCUT2D eigenvalue weighted by Crippen LogP contribution is 2.28. The first-order valence-corrected chi connectivity index (χ1v) is 9.16. The van der Waals surface area contributed by atoms with Crippen molar-refractivity contribution in [1.82, 2.24) is 15.8 Å². The van der Waals surface area contributed by atoms with Gasteiger partial charge in [-0.15, -0.1) is 0 Å². The minimum atomic E-state index is -0.502. The average Bonchev–Trinajstić information content (AvgIpc) is 2.73. The van der Waals surface area contributed by atoms with Gasteiger partial charge in [0, 0.05) is 31.7 Å². The van der Waals surface area contributed by atoms with Gasteiger partial charge in [-0.25, -0.2) is 14.6 Å². The van der Waals surface area contributed by atoms with Crippen molar-refractivity contribution in [1.29, 1.82) is 0 Å². The van der Waals surface area contributed by atoms with Gasteiger partial charge in [-0.2, -0.15) is 0 Å². The van der Waals surface area contributed by atoms with Crippen molar-refractivity contribution < 1.29 is 18.7 Å². The van der Waals surface area contributed by atoms with E-state index in [1.165, 1.54) is 24.3 Å². The third-order valence-electron chi connectivity index (χ3n) is 4.46. The molecule has 7 nitrogen and oxygen atoms in total. The molecule has 1 fully saturated rings. The second-order valence-electron chi connectivity index (χ2n) is 6.27. The van der Waals surface area contributed by atoms with Crippen LogP contribution in [0, 0.1) is 5.82 Å². The number of para-hydroxylation sites is 2. The summed E-state index contributed by atoms with van der Waals surface area (Å²) in [5.41, 5.74) is 6.02. The number of benzene rings is 2. The number of carbonyl (C=O) groups excluding carboxylic acids is 2. The molecule has 3 amide bonds. The van der Waals surface area contributed by atoms with Gasteiger partial charge in [-0.1, -0.05) is 12.1 Å². The van der Waals surface area contributed by atoms with Crippen LogP contribution in [0.4, 0.5) is 14.9 Å². The molecule has 0 unspecified atom stereocenters. The molecule has 0 aliphatic carbocycles. The maximum atomic E-state index is 12.9. The molecule has 1 aliphatic heterocycles. The summed E-state index contributed by atoms with van der Waals surface area (Å²) in [4.78, 5) is 28.1. The number of anilines is 1. The van der Waals surface area contributed by atoms with E-state index in [0.29, 0.717) is 32.8 Å². The van der Waals surface area contributed by atoms with Gasteiger partial charge in [0.1, 0.15) is 11.6 Å². The number of amides is 3. The van der Waals surface area contributed by atoms with Crippen LogP contribution in [0.25, 0.3) is 0 Å². The molecule has 0 bridgehead atoms. The summed E-state index contributed by atoms with van der Waals surface area (Å²) in [6.45, 7) is 4.87. The molecule has 0 atom stereocenters. The highest BCUT2D eigenvalue weighted by Gasteiger charge is 2.23. The summed E-state index contributed by atoms with van der Waals surface area (Å²) in [6, 6.07) is 12.5. The lowest BCUT2D eigenvalue weighted by Crippen LogP contribution is -2.55. The quantitative estimate of drug-likeness (QED) is 0.792. The molecule has 0 spiro atoms. The number of nitrogens with one attached hydrogen (secondary N) is 2. The highest BCUT2D eigenvalue weighted by molar-refractivity contribution is 5.95. The van der Waals surface area contributed by atoms with Crippen molar-refractivity contribution in [3.63, 3.8) is 0 Å². The number of hydrogen-bond donors (Lipinski definition) is 2. The Labute approximate surface area is 163 Å². The summed E-state index contributed by atoms with van der Waals surface area (Å²) >= 11 is 0. The molecule has 0 saturated carbocycles. The van der Waals surface area contributed by atoms with Crippen LogP contribution in [0.15, 0.2) is 48.5 Å². The molecule has 0 radical (unpaired) electrons. The van der Waals surface area contributed by atoms with Gasteiger partial charge in [0.05, 0.1) is 12.3 Å². The van der Waals surface area contributed by atoms with Crippen LogP contribution < -0.4 is 20.5 Å². The fraction of sp³-hybridized carbons (Fsp3) is 0.300. The fourth-order valence-electron chi connectivity index (χ4n) is 3.01. The molecule has 28 heavy (non-hydrogen) atoms. The molecular weight excluding hydrogens is 363 g/mol. The number of halogens is 1. The topological polar surface area (TPSA) is 73.9 Å². The molecule has 3 rings (SSSR count). The molecule has 1 aliphatic rings. The molecular formula is C20H23FN4O3. The number of nitrogens with zero attached hydrogens (tertiary/aromatic N) is 2. The molecule has 1 heterocycles. The normalized spacial score (nSPS) is 13.8. The Balaban J connectivity index is 1.50. The molecule has 2 aromatic carbocycles. The fourth-order valence-corrected chi connectivity index (χ4v) is 3.01. The third-order valence-corrected chi connectivity index (χ3v) is 4.46. The lowest BCUT2D eigenvalue weighted by Gasteiger charge is -2.36.